The van der Waals surface area contributed by atoms with E-state index in [4.69, 9.17) is 0 Å². The molecule has 2 aromatic heterocycles. The minimum atomic E-state index is -3.10. The monoisotopic (exact) mass is 446 g/mol. The molecule has 0 spiro atoms. The van der Waals surface area contributed by atoms with E-state index in [9.17, 15) is 18.5 Å². The Kier molecular flexibility index (Phi) is 6.07. The Morgan fingerprint density at radius 2 is 2.03 bits per heavy atom. The first kappa shape index (κ1) is 21.2. The number of sulfone groups is 1. The van der Waals surface area contributed by atoms with E-state index in [0.717, 1.165) is 36.9 Å². The van der Waals surface area contributed by atoms with Gasteiger partial charge in [-0.15, -0.1) is 5.10 Å². The lowest BCUT2D eigenvalue weighted by Gasteiger charge is -2.30. The molecular formula is C21H26N4O3S2. The number of rotatable bonds is 6. The molecule has 1 saturated carbocycles. The molecule has 0 amide bonds. The molecule has 30 heavy (non-hydrogen) atoms. The van der Waals surface area contributed by atoms with Gasteiger partial charge in [0.2, 0.25) is 0 Å². The number of carbonyl (C=O) groups excluding carboxylic acids is 1. The number of carbonyl (C=O) groups is 1. The molecule has 4 rings (SSSR count). The van der Waals surface area contributed by atoms with Crippen molar-refractivity contribution in [2.45, 2.75) is 62.8 Å². The topological polar surface area (TPSA) is 106 Å². The van der Waals surface area contributed by atoms with Crippen LogP contribution in [0.1, 0.15) is 73.3 Å². The summed E-state index contributed by atoms with van der Waals surface area (Å²) in [4.78, 5) is 12.9. The quantitative estimate of drug-likeness (QED) is 0.626. The smallest absolute Gasteiger partial charge is 0.164 e. The Morgan fingerprint density at radius 3 is 2.67 bits per heavy atom. The first-order valence-electron chi connectivity index (χ1n) is 10.5. The fourth-order valence-corrected chi connectivity index (χ4v) is 6.88. The van der Waals surface area contributed by atoms with Gasteiger partial charge in [-0.3, -0.25) is 4.79 Å². The predicted molar refractivity (Wildman–Crippen MR) is 114 cm³/mol. The van der Waals surface area contributed by atoms with Gasteiger partial charge in [-0.2, -0.15) is 16.6 Å². The van der Waals surface area contributed by atoms with Gasteiger partial charge in [0.1, 0.15) is 0 Å². The molecule has 0 radical (unpaired) electrons. The second-order valence-corrected chi connectivity index (χ2v) is 11.6. The summed E-state index contributed by atoms with van der Waals surface area (Å²) in [5.74, 6) is 0.419. The van der Waals surface area contributed by atoms with Crippen LogP contribution in [-0.2, 0) is 15.4 Å². The van der Waals surface area contributed by atoms with Gasteiger partial charge in [-0.05, 0) is 43.0 Å². The number of thiophene rings is 1. The fourth-order valence-electron chi connectivity index (χ4n) is 4.71. The molecule has 1 aliphatic carbocycles. The van der Waals surface area contributed by atoms with E-state index in [1.165, 1.54) is 17.8 Å². The molecular weight excluding hydrogens is 420 g/mol. The lowest BCUT2D eigenvalue weighted by molar-refractivity contribution is 0.0957. The van der Waals surface area contributed by atoms with Crippen LogP contribution in [0, 0.1) is 17.2 Å². The lowest BCUT2D eigenvalue weighted by atomic mass is 9.76. The number of hydrogen-bond acceptors (Lipinski definition) is 7. The molecule has 1 aliphatic heterocycles. The van der Waals surface area contributed by atoms with Crippen LogP contribution in [0.15, 0.2) is 23.0 Å². The number of aromatic nitrogens is 3. The van der Waals surface area contributed by atoms with Crippen molar-refractivity contribution in [3.05, 3.63) is 34.3 Å². The van der Waals surface area contributed by atoms with E-state index in [2.05, 4.69) is 16.4 Å². The molecule has 0 unspecified atom stereocenters. The van der Waals surface area contributed by atoms with E-state index < -0.39 is 15.4 Å². The van der Waals surface area contributed by atoms with Crippen LogP contribution < -0.4 is 0 Å². The molecule has 2 aromatic rings. The number of ketones is 1. The molecule has 160 valence electrons. The maximum atomic E-state index is 12.9. The molecule has 7 nitrogen and oxygen atoms in total. The third-order valence-electron chi connectivity index (χ3n) is 6.66. The van der Waals surface area contributed by atoms with Crippen molar-refractivity contribution in [3.63, 3.8) is 0 Å². The van der Waals surface area contributed by atoms with Crippen LogP contribution in [0.4, 0.5) is 0 Å². The van der Waals surface area contributed by atoms with Gasteiger partial charge in [0.05, 0.1) is 29.5 Å². The van der Waals surface area contributed by atoms with Crippen LogP contribution in [-0.4, -0.2) is 40.7 Å². The summed E-state index contributed by atoms with van der Waals surface area (Å²) in [7, 11) is -3.10. The number of hydrogen-bond donors (Lipinski definition) is 0. The zero-order chi connectivity index (χ0) is 21.2. The fraction of sp³-hybridized carbons (Fsp3) is 0.619. The third-order valence-corrected chi connectivity index (χ3v) is 8.99. The molecule has 3 heterocycles. The third kappa shape index (κ3) is 4.35. The summed E-state index contributed by atoms with van der Waals surface area (Å²) in [6.45, 7) is 0. The van der Waals surface area contributed by atoms with Gasteiger partial charge in [-0.1, -0.05) is 24.5 Å². The van der Waals surface area contributed by atoms with Crippen molar-refractivity contribution < 1.29 is 13.2 Å². The van der Waals surface area contributed by atoms with Crippen LogP contribution >= 0.6 is 11.3 Å². The van der Waals surface area contributed by atoms with E-state index >= 15 is 0 Å². The normalized spacial score (nSPS) is 22.2. The highest BCUT2D eigenvalue weighted by Crippen LogP contribution is 2.39. The van der Waals surface area contributed by atoms with Crippen molar-refractivity contribution in [2.24, 2.45) is 5.92 Å². The molecule has 2 aliphatic rings. The summed E-state index contributed by atoms with van der Waals surface area (Å²) in [5, 5.41) is 22.3. The standard InChI is InChI=1S/C21H26N4O3S2/c22-15-21(7-10-30(27,28)11-8-21)25-13-19(23-24-25)18(16-4-2-1-3-5-16)12-20(26)17-6-9-29-14-17/h6,9,13-14,16,18H,1-5,7-8,10-12H2/t18-/m0/s1. The maximum Gasteiger partial charge on any atom is 0.164 e. The van der Waals surface area contributed by atoms with Gasteiger partial charge in [0.15, 0.2) is 21.2 Å². The second-order valence-electron chi connectivity index (χ2n) is 8.53. The molecule has 1 saturated heterocycles. The first-order chi connectivity index (χ1) is 14.4. The van der Waals surface area contributed by atoms with E-state index in [0.29, 0.717) is 12.3 Å². The van der Waals surface area contributed by atoms with Crippen LogP contribution in [0.25, 0.3) is 0 Å². The van der Waals surface area contributed by atoms with Gasteiger partial charge in [0.25, 0.3) is 0 Å². The summed E-state index contributed by atoms with van der Waals surface area (Å²) in [5.41, 5.74) is 0.498. The Labute approximate surface area is 181 Å². The van der Waals surface area contributed by atoms with Crippen molar-refractivity contribution in [1.29, 1.82) is 5.26 Å². The maximum absolute atomic E-state index is 12.9. The van der Waals surface area contributed by atoms with Crippen molar-refractivity contribution >= 4 is 27.0 Å². The first-order valence-corrected chi connectivity index (χ1v) is 13.3. The van der Waals surface area contributed by atoms with Crippen molar-refractivity contribution in [1.82, 2.24) is 15.0 Å². The summed E-state index contributed by atoms with van der Waals surface area (Å²) in [6, 6.07) is 4.15. The second kappa shape index (κ2) is 8.60. The summed E-state index contributed by atoms with van der Waals surface area (Å²) in [6.07, 6.45) is 8.28. The Balaban J connectivity index is 1.60. The zero-order valence-electron chi connectivity index (χ0n) is 16.9. The Hall–Kier alpha value is -2.05. The molecule has 2 fully saturated rings. The van der Waals surface area contributed by atoms with Crippen LogP contribution in [0.5, 0.6) is 0 Å². The highest BCUT2D eigenvalue weighted by atomic mass is 32.2. The van der Waals surface area contributed by atoms with E-state index in [-0.39, 0.29) is 36.0 Å². The van der Waals surface area contributed by atoms with Gasteiger partial charge in [-0.25, -0.2) is 13.1 Å². The Bertz CT molecular complexity index is 1020. The van der Waals surface area contributed by atoms with Gasteiger partial charge >= 0.3 is 0 Å². The van der Waals surface area contributed by atoms with E-state index in [1.807, 2.05) is 16.8 Å². The molecule has 0 N–H and O–H groups in total. The van der Waals surface area contributed by atoms with Crippen LogP contribution in [0.2, 0.25) is 0 Å². The molecule has 9 heteroatoms. The number of nitriles is 1. The average molecular weight is 447 g/mol. The summed E-state index contributed by atoms with van der Waals surface area (Å²) < 4.78 is 25.3. The SMILES string of the molecule is N#CC1(n2cc([C@@H](CC(=O)c3ccsc3)C3CCCCC3)nn2)CCS(=O)(=O)CC1. The Morgan fingerprint density at radius 1 is 1.30 bits per heavy atom. The highest BCUT2D eigenvalue weighted by molar-refractivity contribution is 7.91. The number of nitrogens with zero attached hydrogens (tertiary/aromatic N) is 4. The van der Waals surface area contributed by atoms with E-state index in [1.54, 1.807) is 10.9 Å². The molecule has 0 aromatic carbocycles. The minimum absolute atomic E-state index is 0.0154. The highest BCUT2D eigenvalue weighted by Gasteiger charge is 2.41. The number of Topliss-reactive ketones (excluding diaryl/α,β-unsaturated/α-hetero) is 1. The largest absolute Gasteiger partial charge is 0.294 e. The summed E-state index contributed by atoms with van der Waals surface area (Å²) >= 11 is 1.51. The van der Waals surface area contributed by atoms with Gasteiger partial charge < -0.3 is 0 Å². The molecule has 0 bridgehead atoms. The molecule has 1 atom stereocenters. The van der Waals surface area contributed by atoms with Crippen molar-refractivity contribution in [2.75, 3.05) is 11.5 Å². The lowest BCUT2D eigenvalue weighted by Crippen LogP contribution is -2.41. The van der Waals surface area contributed by atoms with Gasteiger partial charge in [0, 0.05) is 23.3 Å². The zero-order valence-corrected chi connectivity index (χ0v) is 18.5. The van der Waals surface area contributed by atoms with Crippen molar-refractivity contribution in [3.8, 4) is 6.07 Å². The van der Waals surface area contributed by atoms with Crippen LogP contribution in [0.3, 0.4) is 0 Å². The minimum Gasteiger partial charge on any atom is -0.294 e. The predicted octanol–water partition coefficient (Wildman–Crippen LogP) is 3.70. The average Bonchev–Trinajstić information content (AvgIpc) is 3.46.